The van der Waals surface area contributed by atoms with Crippen molar-refractivity contribution < 1.29 is 9.53 Å². The lowest BCUT2D eigenvalue weighted by atomic mass is 10.0. The van der Waals surface area contributed by atoms with Gasteiger partial charge in [0.1, 0.15) is 11.5 Å². The quantitative estimate of drug-likeness (QED) is 0.264. The van der Waals surface area contributed by atoms with Gasteiger partial charge in [0.25, 0.3) is 11.1 Å². The van der Waals surface area contributed by atoms with Crippen molar-refractivity contribution in [3.05, 3.63) is 93.2 Å². The van der Waals surface area contributed by atoms with Crippen molar-refractivity contribution >= 4 is 34.4 Å². The predicted octanol–water partition coefficient (Wildman–Crippen LogP) is 3.75. The van der Waals surface area contributed by atoms with Crippen molar-refractivity contribution in [2.24, 2.45) is 7.05 Å². The maximum absolute atomic E-state index is 13.7. The summed E-state index contributed by atoms with van der Waals surface area (Å²) in [7, 11) is 1.67. The van der Waals surface area contributed by atoms with Gasteiger partial charge < -0.3 is 24.1 Å². The van der Waals surface area contributed by atoms with Crippen molar-refractivity contribution in [3.8, 4) is 16.9 Å². The molecular formula is C36H38N8O4. The van der Waals surface area contributed by atoms with E-state index in [0.717, 1.165) is 81.8 Å². The molecule has 0 saturated carbocycles. The molecule has 12 nitrogen and oxygen atoms in total. The molecule has 1 atom stereocenters. The molecule has 1 N–H and O–H groups in total. The molecule has 2 fully saturated rings. The molecule has 0 aliphatic carbocycles. The van der Waals surface area contributed by atoms with E-state index in [0.29, 0.717) is 40.1 Å². The minimum atomic E-state index is -0.240. The Balaban J connectivity index is 1.08. The van der Waals surface area contributed by atoms with Crippen LogP contribution in [0.3, 0.4) is 0 Å². The molecule has 0 radical (unpaired) electrons. The summed E-state index contributed by atoms with van der Waals surface area (Å²) in [5, 5.41) is 3.81. The Hall–Kier alpha value is -5.07. The van der Waals surface area contributed by atoms with Gasteiger partial charge in [-0.3, -0.25) is 23.9 Å². The number of rotatable bonds is 7. The summed E-state index contributed by atoms with van der Waals surface area (Å²) >= 11 is 0. The first-order chi connectivity index (χ1) is 23.4. The van der Waals surface area contributed by atoms with Crippen molar-refractivity contribution in [1.29, 1.82) is 0 Å². The number of piperazine rings is 1. The molecule has 246 valence electrons. The highest BCUT2D eigenvalue weighted by atomic mass is 16.5. The van der Waals surface area contributed by atoms with Gasteiger partial charge in [0.2, 0.25) is 0 Å². The van der Waals surface area contributed by atoms with Crippen LogP contribution in [-0.4, -0.2) is 79.8 Å². The first kappa shape index (κ1) is 30.3. The molecule has 0 unspecified atom stereocenters. The van der Waals surface area contributed by atoms with Crippen LogP contribution in [0.25, 0.3) is 27.8 Å². The van der Waals surface area contributed by atoms with Gasteiger partial charge in [-0.2, -0.15) is 0 Å². The van der Waals surface area contributed by atoms with Crippen LogP contribution >= 0.6 is 0 Å². The van der Waals surface area contributed by atoms with Gasteiger partial charge in [0.05, 0.1) is 47.6 Å². The molecule has 8 rings (SSSR count). The number of pyridine rings is 4. The Bertz CT molecular complexity index is 2150. The number of nitrogens with one attached hydrogen (secondary N) is 1. The molecule has 5 aromatic heterocycles. The minimum absolute atomic E-state index is 0.219. The Morgan fingerprint density at radius 2 is 1.88 bits per heavy atom. The summed E-state index contributed by atoms with van der Waals surface area (Å²) in [6.45, 7) is 7.64. The molecule has 2 saturated heterocycles. The molecule has 3 aliphatic heterocycles. The fraction of sp³-hybridized carbons (Fsp3) is 0.361. The normalized spacial score (nSPS) is 18.5. The number of carbonyl (C=O) groups excluding carboxylic acids is 1. The van der Waals surface area contributed by atoms with Gasteiger partial charge >= 0.3 is 0 Å². The second-order valence-corrected chi connectivity index (χ2v) is 13.1. The van der Waals surface area contributed by atoms with Crippen LogP contribution in [0.15, 0.2) is 70.8 Å². The third kappa shape index (κ3) is 5.21. The lowest BCUT2D eigenvalue weighted by molar-refractivity contribution is -0.0691. The second kappa shape index (κ2) is 12.2. The summed E-state index contributed by atoms with van der Waals surface area (Å²) in [6.07, 6.45) is 10.7. The maximum atomic E-state index is 13.7. The Morgan fingerprint density at radius 1 is 1.00 bits per heavy atom. The third-order valence-corrected chi connectivity index (χ3v) is 10.1. The van der Waals surface area contributed by atoms with Gasteiger partial charge in [-0.25, -0.2) is 9.97 Å². The predicted molar refractivity (Wildman–Crippen MR) is 185 cm³/mol. The van der Waals surface area contributed by atoms with E-state index < -0.39 is 0 Å². The minimum Gasteiger partial charge on any atom is -0.378 e. The summed E-state index contributed by atoms with van der Waals surface area (Å²) in [4.78, 5) is 53.6. The number of anilines is 3. The Morgan fingerprint density at radius 3 is 2.62 bits per heavy atom. The zero-order valence-electron chi connectivity index (χ0n) is 27.1. The van der Waals surface area contributed by atoms with E-state index in [1.807, 2.05) is 30.5 Å². The largest absolute Gasteiger partial charge is 0.378 e. The molecule has 12 heteroatoms. The van der Waals surface area contributed by atoms with Gasteiger partial charge in [-0.15, -0.1) is 0 Å². The standard InChI is InChI=1S/C36H38N8O4/c1-23-18-41(27-21-48-22-27)13-14-42(23)26-6-7-33(38-17-26)39-31-15-24(19-40(2)36(31)47)28-8-10-37-34(30(28)20-45)44-12-9-32-29(35(44)46)16-25-5-3-4-11-43(25)32/h6-10,12,15-17,19-20,23,27H,3-5,11,13-14,18,21-22H2,1-2H3,(H,38,39)/t23-/m0/s1. The number of aromatic nitrogens is 5. The van der Waals surface area contributed by atoms with Crippen LogP contribution in [0.5, 0.6) is 0 Å². The topological polar surface area (TPSA) is 120 Å². The molecular weight excluding hydrogens is 608 g/mol. The van der Waals surface area contributed by atoms with Crippen LogP contribution < -0.4 is 21.3 Å². The van der Waals surface area contributed by atoms with Crippen molar-refractivity contribution in [2.75, 3.05) is 43.1 Å². The van der Waals surface area contributed by atoms with Crippen molar-refractivity contribution in [2.45, 2.75) is 44.8 Å². The molecule has 8 heterocycles. The van der Waals surface area contributed by atoms with E-state index in [2.05, 4.69) is 36.6 Å². The van der Waals surface area contributed by atoms with Crippen molar-refractivity contribution in [3.63, 3.8) is 0 Å². The first-order valence-corrected chi connectivity index (χ1v) is 16.6. The number of aryl methyl sites for hydroxylation is 3. The monoisotopic (exact) mass is 646 g/mol. The number of aldehydes is 1. The van der Waals surface area contributed by atoms with Gasteiger partial charge in [0.15, 0.2) is 12.1 Å². The van der Waals surface area contributed by atoms with E-state index in [-0.39, 0.29) is 22.5 Å². The van der Waals surface area contributed by atoms with Crippen LogP contribution in [0.4, 0.5) is 17.2 Å². The fourth-order valence-electron chi connectivity index (χ4n) is 7.40. The van der Waals surface area contributed by atoms with Gasteiger partial charge in [-0.1, -0.05) is 0 Å². The number of ether oxygens (including phenoxy) is 1. The molecule has 0 aromatic carbocycles. The molecule has 5 aromatic rings. The van der Waals surface area contributed by atoms with Crippen LogP contribution in [-0.2, 0) is 24.8 Å². The molecule has 0 amide bonds. The van der Waals surface area contributed by atoms with Crippen LogP contribution in [0.2, 0.25) is 0 Å². The van der Waals surface area contributed by atoms with Gasteiger partial charge in [-0.05, 0) is 68.1 Å². The van der Waals surface area contributed by atoms with Crippen LogP contribution in [0, 0.1) is 0 Å². The smallest absolute Gasteiger partial charge is 0.274 e. The number of fused-ring (bicyclic) bond motifs is 3. The van der Waals surface area contributed by atoms with E-state index in [4.69, 9.17) is 4.74 Å². The number of carbonyl (C=O) groups is 1. The first-order valence-electron chi connectivity index (χ1n) is 16.6. The summed E-state index contributed by atoms with van der Waals surface area (Å²) in [6, 6.07) is 12.1. The van der Waals surface area contributed by atoms with E-state index in [1.165, 1.54) is 9.13 Å². The zero-order chi connectivity index (χ0) is 32.9. The molecule has 3 aliphatic rings. The van der Waals surface area contributed by atoms with E-state index >= 15 is 0 Å². The average Bonchev–Trinajstić information content (AvgIpc) is 3.46. The Kier molecular flexibility index (Phi) is 7.68. The second-order valence-electron chi connectivity index (χ2n) is 13.1. The lowest BCUT2D eigenvalue weighted by Gasteiger charge is -2.46. The molecule has 0 bridgehead atoms. The summed E-state index contributed by atoms with van der Waals surface area (Å²) in [5.41, 5.74) is 4.39. The van der Waals surface area contributed by atoms with E-state index in [9.17, 15) is 14.4 Å². The van der Waals surface area contributed by atoms with E-state index in [1.54, 1.807) is 37.8 Å². The highest BCUT2D eigenvalue weighted by Crippen LogP contribution is 2.29. The summed E-state index contributed by atoms with van der Waals surface area (Å²) < 4.78 is 10.5. The van der Waals surface area contributed by atoms with Crippen molar-refractivity contribution in [1.82, 2.24) is 28.6 Å². The SMILES string of the molecule is C[C@H]1CN(C2COC2)CCN1c1ccc(Nc2cc(-c3ccnc(-n4ccc5c(cc6n5CCCC6)c4=O)c3C=O)cn(C)c2=O)nc1. The average molecular weight is 647 g/mol. The maximum Gasteiger partial charge on any atom is 0.274 e. The van der Waals surface area contributed by atoms with Gasteiger partial charge in [0, 0.05) is 69.1 Å². The molecule has 48 heavy (non-hydrogen) atoms. The Labute approximate surface area is 277 Å². The zero-order valence-corrected chi connectivity index (χ0v) is 27.1. The number of hydrogen-bond acceptors (Lipinski definition) is 9. The summed E-state index contributed by atoms with van der Waals surface area (Å²) in [5.74, 6) is 0.780. The number of hydrogen-bond donors (Lipinski definition) is 1. The number of nitrogens with zero attached hydrogens (tertiary/aromatic N) is 7. The fourth-order valence-corrected chi connectivity index (χ4v) is 7.40. The van der Waals surface area contributed by atoms with Crippen LogP contribution in [0.1, 0.15) is 35.8 Å². The highest BCUT2D eigenvalue weighted by molar-refractivity contribution is 5.92. The highest BCUT2D eigenvalue weighted by Gasteiger charge is 2.32. The third-order valence-electron chi connectivity index (χ3n) is 10.1. The lowest BCUT2D eigenvalue weighted by Crippen LogP contribution is -2.59. The molecule has 0 spiro atoms.